The van der Waals surface area contributed by atoms with Crippen molar-refractivity contribution in [2.75, 3.05) is 10.6 Å². The maximum atomic E-state index is 13.8. The number of nitrogens with zero attached hydrogens (tertiary/aromatic N) is 6. The summed E-state index contributed by atoms with van der Waals surface area (Å²) < 4.78 is 54.9. The van der Waals surface area contributed by atoms with Crippen molar-refractivity contribution in [3.05, 3.63) is 100 Å². The van der Waals surface area contributed by atoms with E-state index in [-0.39, 0.29) is 22.0 Å². The first-order valence-corrected chi connectivity index (χ1v) is 11.3. The second kappa shape index (κ2) is 10.3. The van der Waals surface area contributed by atoms with Gasteiger partial charge in [-0.3, -0.25) is 4.98 Å². The number of hydrogen-bond acceptors (Lipinski definition) is 7. The molecule has 38 heavy (non-hydrogen) atoms. The van der Waals surface area contributed by atoms with E-state index in [1.165, 1.54) is 24.5 Å². The Labute approximate surface area is 217 Å². The molecule has 8 nitrogen and oxygen atoms in total. The molecule has 3 aromatic heterocycles. The number of hydrogen-bond donors (Lipinski definition) is 2. The van der Waals surface area contributed by atoms with E-state index in [1.807, 2.05) is 6.07 Å². The van der Waals surface area contributed by atoms with Gasteiger partial charge in [0.05, 0.1) is 45.9 Å². The van der Waals surface area contributed by atoms with Crippen LogP contribution in [0.2, 0.25) is 5.02 Å². The summed E-state index contributed by atoms with van der Waals surface area (Å²) in [5.74, 6) is -2.87. The van der Waals surface area contributed by atoms with E-state index in [2.05, 4.69) is 30.9 Å². The summed E-state index contributed by atoms with van der Waals surface area (Å²) in [5, 5.41) is 24.2. The molecule has 0 aliphatic heterocycles. The SMILES string of the molecule is N#Cc1cnc2c(Cl)cc(NC(c3ccc(F)cc3)c3cn(CF)nn3)cc2c1Nc1cnc(F)c(F)c1. The van der Waals surface area contributed by atoms with Crippen molar-refractivity contribution in [3.8, 4) is 6.07 Å². The Morgan fingerprint density at radius 2 is 1.82 bits per heavy atom. The molecule has 3 heterocycles. The molecule has 1 atom stereocenters. The Morgan fingerprint density at radius 1 is 1.03 bits per heavy atom. The van der Waals surface area contributed by atoms with Gasteiger partial charge in [0.25, 0.3) is 0 Å². The largest absolute Gasteiger partial charge is 0.373 e. The highest BCUT2D eigenvalue weighted by Crippen LogP contribution is 2.36. The van der Waals surface area contributed by atoms with Crippen LogP contribution in [0.5, 0.6) is 0 Å². The summed E-state index contributed by atoms with van der Waals surface area (Å²) in [7, 11) is 0. The van der Waals surface area contributed by atoms with Gasteiger partial charge in [-0.2, -0.15) is 9.65 Å². The number of nitriles is 1. The third-order valence-corrected chi connectivity index (χ3v) is 5.89. The number of alkyl halides is 1. The van der Waals surface area contributed by atoms with Gasteiger partial charge in [-0.1, -0.05) is 28.9 Å². The van der Waals surface area contributed by atoms with Crippen LogP contribution in [0.25, 0.3) is 10.9 Å². The third kappa shape index (κ3) is 4.91. The monoisotopic (exact) mass is 538 g/mol. The van der Waals surface area contributed by atoms with Gasteiger partial charge in [-0.15, -0.1) is 5.10 Å². The molecule has 0 spiro atoms. The molecule has 0 saturated carbocycles. The topological polar surface area (TPSA) is 104 Å². The zero-order valence-corrected chi connectivity index (χ0v) is 19.9. The Morgan fingerprint density at radius 3 is 2.50 bits per heavy atom. The molecule has 13 heteroatoms. The minimum absolute atomic E-state index is 0.0920. The molecule has 0 radical (unpaired) electrons. The van der Waals surface area contributed by atoms with Crippen molar-refractivity contribution in [3.63, 3.8) is 0 Å². The van der Waals surface area contributed by atoms with Gasteiger partial charge in [0.1, 0.15) is 17.6 Å². The first-order chi connectivity index (χ1) is 18.4. The van der Waals surface area contributed by atoms with Crippen LogP contribution in [-0.2, 0) is 6.80 Å². The van der Waals surface area contributed by atoms with Crippen LogP contribution >= 0.6 is 11.6 Å². The lowest BCUT2D eigenvalue weighted by molar-refractivity contribution is 0.343. The number of benzene rings is 2. The van der Waals surface area contributed by atoms with Gasteiger partial charge >= 0.3 is 0 Å². The van der Waals surface area contributed by atoms with E-state index in [4.69, 9.17) is 11.6 Å². The third-order valence-electron chi connectivity index (χ3n) is 5.60. The number of rotatable bonds is 7. The van der Waals surface area contributed by atoms with Crippen molar-refractivity contribution < 1.29 is 17.6 Å². The normalized spacial score (nSPS) is 11.8. The van der Waals surface area contributed by atoms with E-state index in [0.717, 1.165) is 16.9 Å². The number of pyridine rings is 2. The van der Waals surface area contributed by atoms with Gasteiger partial charge in [-0.05, 0) is 29.8 Å². The second-order valence-corrected chi connectivity index (χ2v) is 8.47. The highest BCUT2D eigenvalue weighted by molar-refractivity contribution is 6.36. The highest BCUT2D eigenvalue weighted by Gasteiger charge is 2.20. The molecule has 0 aliphatic carbocycles. The predicted octanol–water partition coefficient (Wildman–Crippen LogP) is 6.04. The molecular formula is C25H15ClF4N8. The molecule has 0 amide bonds. The fraction of sp³-hybridized carbons (Fsp3) is 0.0800. The van der Waals surface area contributed by atoms with Gasteiger partial charge in [-0.25, -0.2) is 22.8 Å². The zero-order chi connectivity index (χ0) is 26.8. The molecule has 0 bridgehead atoms. The van der Waals surface area contributed by atoms with Crippen molar-refractivity contribution >= 4 is 39.6 Å². The Bertz CT molecular complexity index is 1680. The minimum Gasteiger partial charge on any atom is -0.373 e. The molecular weight excluding hydrogens is 524 g/mol. The van der Waals surface area contributed by atoms with Crippen LogP contribution < -0.4 is 10.6 Å². The molecule has 5 rings (SSSR count). The first-order valence-electron chi connectivity index (χ1n) is 10.9. The van der Waals surface area contributed by atoms with E-state index in [9.17, 15) is 22.8 Å². The lowest BCUT2D eigenvalue weighted by Crippen LogP contribution is -2.13. The van der Waals surface area contributed by atoms with E-state index in [1.54, 1.807) is 24.3 Å². The predicted molar refractivity (Wildman–Crippen MR) is 132 cm³/mol. The molecule has 0 fully saturated rings. The van der Waals surface area contributed by atoms with E-state index >= 15 is 0 Å². The number of aromatic nitrogens is 5. The summed E-state index contributed by atoms with van der Waals surface area (Å²) in [6.45, 7) is -0.887. The average molecular weight is 539 g/mol. The molecule has 0 saturated heterocycles. The van der Waals surface area contributed by atoms with Gasteiger partial charge in [0.2, 0.25) is 5.95 Å². The van der Waals surface area contributed by atoms with E-state index in [0.29, 0.717) is 27.8 Å². The molecule has 190 valence electrons. The fourth-order valence-electron chi connectivity index (χ4n) is 3.85. The molecule has 2 aromatic carbocycles. The number of nitrogens with one attached hydrogen (secondary N) is 2. The number of anilines is 3. The molecule has 0 aliphatic rings. The number of fused-ring (bicyclic) bond motifs is 1. The minimum atomic E-state index is -1.26. The highest BCUT2D eigenvalue weighted by atomic mass is 35.5. The summed E-state index contributed by atoms with van der Waals surface area (Å²) in [6.07, 6.45) is 3.78. The Balaban J connectivity index is 1.61. The first kappa shape index (κ1) is 24.9. The molecule has 1 unspecified atom stereocenters. The van der Waals surface area contributed by atoms with Crippen molar-refractivity contribution in [1.29, 1.82) is 5.26 Å². The van der Waals surface area contributed by atoms with Crippen LogP contribution in [0, 0.1) is 28.9 Å². The van der Waals surface area contributed by atoms with E-state index < -0.39 is 30.4 Å². The Kier molecular flexibility index (Phi) is 6.76. The fourth-order valence-corrected chi connectivity index (χ4v) is 4.12. The van der Waals surface area contributed by atoms with Crippen molar-refractivity contribution in [2.45, 2.75) is 12.8 Å². The maximum Gasteiger partial charge on any atom is 0.249 e. The van der Waals surface area contributed by atoms with Crippen LogP contribution in [0.4, 0.5) is 34.6 Å². The van der Waals surface area contributed by atoms with Crippen LogP contribution in [-0.4, -0.2) is 25.0 Å². The molecule has 5 aromatic rings. The van der Waals surface area contributed by atoms with Crippen LogP contribution in [0.1, 0.15) is 22.9 Å². The zero-order valence-electron chi connectivity index (χ0n) is 19.1. The van der Waals surface area contributed by atoms with Crippen molar-refractivity contribution in [1.82, 2.24) is 25.0 Å². The maximum absolute atomic E-state index is 13.8. The summed E-state index contributed by atoms with van der Waals surface area (Å²) in [4.78, 5) is 7.62. The Hall–Kier alpha value is -4.76. The summed E-state index contributed by atoms with van der Waals surface area (Å²) in [6, 6.07) is 11.1. The average Bonchev–Trinajstić information content (AvgIpc) is 3.39. The van der Waals surface area contributed by atoms with Crippen LogP contribution in [0.3, 0.4) is 0 Å². The standard InChI is InChI=1S/C25H15ClF4N8/c26-19-6-16(34-23(13-1-3-15(28)4-2-13)21-11-38(12-27)37-36-21)5-18-22(14(8-31)9-32-24(18)19)35-17-7-20(29)25(30)33-10-17/h1-7,9-11,23,34H,12H2,(H,32,35). The molecule has 2 N–H and O–H groups in total. The second-order valence-electron chi connectivity index (χ2n) is 8.07. The quantitative estimate of drug-likeness (QED) is 0.192. The van der Waals surface area contributed by atoms with Gasteiger partial charge in [0, 0.05) is 23.3 Å². The number of halogens is 5. The summed E-state index contributed by atoms with van der Waals surface area (Å²) >= 11 is 6.54. The summed E-state index contributed by atoms with van der Waals surface area (Å²) in [5.41, 5.74) is 2.15. The lowest BCUT2D eigenvalue weighted by Gasteiger charge is -2.20. The lowest BCUT2D eigenvalue weighted by atomic mass is 10.0. The van der Waals surface area contributed by atoms with Gasteiger partial charge in [0.15, 0.2) is 12.6 Å². The smallest absolute Gasteiger partial charge is 0.249 e. The van der Waals surface area contributed by atoms with Gasteiger partial charge < -0.3 is 10.6 Å². The van der Waals surface area contributed by atoms with Crippen LogP contribution in [0.15, 0.2) is 61.1 Å². The van der Waals surface area contributed by atoms with Crippen molar-refractivity contribution in [2.24, 2.45) is 0 Å².